The van der Waals surface area contributed by atoms with Crippen LogP contribution in [0.3, 0.4) is 0 Å². The van der Waals surface area contributed by atoms with Crippen LogP contribution in [0.25, 0.3) is 0 Å². The van der Waals surface area contributed by atoms with Gasteiger partial charge in [0, 0.05) is 10.0 Å². The van der Waals surface area contributed by atoms with Crippen LogP contribution in [0.2, 0.25) is 0 Å². The van der Waals surface area contributed by atoms with Crippen molar-refractivity contribution in [2.45, 2.75) is 0 Å². The molecule has 0 radical (unpaired) electrons. The van der Waals surface area contributed by atoms with Crippen molar-refractivity contribution in [1.82, 2.24) is 5.01 Å². The van der Waals surface area contributed by atoms with Gasteiger partial charge in [-0.15, -0.1) is 11.7 Å². The first-order chi connectivity index (χ1) is 13.1. The van der Waals surface area contributed by atoms with Crippen LogP contribution in [-0.2, 0) is 0 Å². The number of carbonyl (C=O) groups excluding carboxylic acids is 1. The first-order valence-electron chi connectivity index (χ1n) is 8.30. The third kappa shape index (κ3) is 5.80. The number of amidine groups is 1. The summed E-state index contributed by atoms with van der Waals surface area (Å²) in [6.45, 7) is 4.77. The maximum absolute atomic E-state index is 12.3. The number of thioether (sulfide) groups is 1. The Morgan fingerprint density at radius 1 is 1.22 bits per heavy atom. The fraction of sp³-hybridized carbons (Fsp3) is 0.150. The number of nitrogens with zero attached hydrogens (tertiary/aromatic N) is 3. The summed E-state index contributed by atoms with van der Waals surface area (Å²) in [5.74, 6) is 1.53. The minimum Gasteiger partial charge on any atom is -0.441 e. The Hall–Kier alpha value is -2.38. The first kappa shape index (κ1) is 19.4. The van der Waals surface area contributed by atoms with Gasteiger partial charge >= 0.3 is 0 Å². The Balaban J connectivity index is 1.68. The standard InChI is InChI=1S/C20H18BrN3O2S/c1-2-12-24-13-19(26-17-10-8-16(21)9-11-17)22-20(23-24)27-14-18(25)15-6-4-3-5-7-15/h2-11H,1,12-14H2. The van der Waals surface area contributed by atoms with Crippen molar-refractivity contribution in [3.05, 3.63) is 77.3 Å². The molecular weight excluding hydrogens is 426 g/mol. The smallest absolute Gasteiger partial charge is 0.218 e. The molecule has 0 amide bonds. The van der Waals surface area contributed by atoms with Crippen LogP contribution in [0.5, 0.6) is 5.75 Å². The lowest BCUT2D eigenvalue weighted by atomic mass is 10.2. The highest BCUT2D eigenvalue weighted by molar-refractivity contribution is 9.10. The number of rotatable bonds is 6. The monoisotopic (exact) mass is 443 g/mol. The Bertz CT molecular complexity index is 867. The van der Waals surface area contributed by atoms with Crippen LogP contribution in [0, 0.1) is 0 Å². The number of hydrogen-bond acceptors (Lipinski definition) is 6. The highest BCUT2D eigenvalue weighted by Gasteiger charge is 2.18. The van der Waals surface area contributed by atoms with Gasteiger partial charge in [0.15, 0.2) is 5.78 Å². The molecule has 0 N–H and O–H groups in total. The van der Waals surface area contributed by atoms with E-state index in [9.17, 15) is 4.79 Å². The van der Waals surface area contributed by atoms with Gasteiger partial charge in [-0.25, -0.2) is 0 Å². The van der Waals surface area contributed by atoms with E-state index in [2.05, 4.69) is 32.6 Å². The van der Waals surface area contributed by atoms with Crippen LogP contribution in [0.4, 0.5) is 0 Å². The molecule has 1 aliphatic heterocycles. The fourth-order valence-corrected chi connectivity index (χ4v) is 3.35. The summed E-state index contributed by atoms with van der Waals surface area (Å²) in [6, 6.07) is 16.7. The van der Waals surface area contributed by atoms with Gasteiger partial charge in [0.1, 0.15) is 12.3 Å². The molecule has 7 heteroatoms. The van der Waals surface area contributed by atoms with Gasteiger partial charge in [-0.2, -0.15) is 4.99 Å². The second-order valence-electron chi connectivity index (χ2n) is 5.66. The lowest BCUT2D eigenvalue weighted by Gasteiger charge is -2.23. The second kappa shape index (κ2) is 9.53. The topological polar surface area (TPSA) is 54.3 Å². The van der Waals surface area contributed by atoms with Gasteiger partial charge in [-0.05, 0) is 24.3 Å². The summed E-state index contributed by atoms with van der Waals surface area (Å²) >= 11 is 4.70. The molecule has 27 heavy (non-hydrogen) atoms. The molecule has 0 saturated carbocycles. The third-order valence-electron chi connectivity index (χ3n) is 3.58. The number of hydrogen-bond donors (Lipinski definition) is 0. The zero-order valence-corrected chi connectivity index (χ0v) is 16.9. The number of benzene rings is 2. The molecule has 0 atom stereocenters. The van der Waals surface area contributed by atoms with Crippen LogP contribution in [0.15, 0.2) is 81.8 Å². The maximum Gasteiger partial charge on any atom is 0.218 e. The quantitative estimate of drug-likeness (QED) is 0.482. The van der Waals surface area contributed by atoms with Crippen LogP contribution >= 0.6 is 27.7 Å². The molecule has 0 aliphatic carbocycles. The van der Waals surface area contributed by atoms with Gasteiger partial charge in [-0.1, -0.05) is 64.1 Å². The largest absolute Gasteiger partial charge is 0.441 e. The normalized spacial score (nSPS) is 13.6. The van der Waals surface area contributed by atoms with Gasteiger partial charge < -0.3 is 4.74 Å². The van der Waals surface area contributed by atoms with Crippen molar-refractivity contribution in [3.63, 3.8) is 0 Å². The summed E-state index contributed by atoms with van der Waals surface area (Å²) in [6.07, 6.45) is 1.77. The molecule has 0 spiro atoms. The number of ether oxygens (including phenoxy) is 1. The van der Waals surface area contributed by atoms with Crippen molar-refractivity contribution in [3.8, 4) is 5.75 Å². The highest BCUT2D eigenvalue weighted by Crippen LogP contribution is 2.19. The molecule has 0 aromatic heterocycles. The molecule has 0 saturated heterocycles. The van der Waals surface area contributed by atoms with Crippen LogP contribution in [-0.4, -0.2) is 40.7 Å². The van der Waals surface area contributed by atoms with E-state index in [1.165, 1.54) is 11.8 Å². The van der Waals surface area contributed by atoms with Crippen LogP contribution in [0.1, 0.15) is 10.4 Å². The van der Waals surface area contributed by atoms with Crippen molar-refractivity contribution >= 4 is 44.5 Å². The van der Waals surface area contributed by atoms with Gasteiger partial charge in [0.05, 0.1) is 12.3 Å². The summed E-state index contributed by atoms with van der Waals surface area (Å²) in [5.41, 5.74) is 0.680. The second-order valence-corrected chi connectivity index (χ2v) is 7.52. The number of aliphatic imine (C=N–C) groups is 1. The summed E-state index contributed by atoms with van der Waals surface area (Å²) in [7, 11) is 0. The molecule has 2 aromatic rings. The zero-order chi connectivity index (χ0) is 19.1. The average Bonchev–Trinajstić information content (AvgIpc) is 2.69. The van der Waals surface area contributed by atoms with E-state index in [0.717, 1.165) is 4.47 Å². The maximum atomic E-state index is 12.3. The Labute approximate surface area is 170 Å². The Morgan fingerprint density at radius 3 is 2.67 bits per heavy atom. The molecule has 0 fully saturated rings. The number of carbonyl (C=O) groups is 1. The number of hydrazone groups is 1. The van der Waals surface area contributed by atoms with Gasteiger partial charge in [0.25, 0.3) is 0 Å². The lowest BCUT2D eigenvalue weighted by molar-refractivity contribution is 0.102. The van der Waals surface area contributed by atoms with E-state index in [1.54, 1.807) is 18.2 Å². The predicted molar refractivity (Wildman–Crippen MR) is 115 cm³/mol. The number of Topliss-reactive ketones (excluding diaryl/α,β-unsaturated/α-hetero) is 1. The lowest BCUT2D eigenvalue weighted by Crippen LogP contribution is -2.33. The van der Waals surface area contributed by atoms with E-state index in [4.69, 9.17) is 4.74 Å². The van der Waals surface area contributed by atoms with E-state index < -0.39 is 0 Å². The first-order valence-corrected chi connectivity index (χ1v) is 10.1. The molecule has 1 heterocycles. The minimum atomic E-state index is 0.0368. The molecule has 2 aromatic carbocycles. The van der Waals surface area contributed by atoms with Crippen molar-refractivity contribution in [1.29, 1.82) is 0 Å². The third-order valence-corrected chi connectivity index (χ3v) is 4.95. The van der Waals surface area contributed by atoms with Crippen molar-refractivity contribution < 1.29 is 9.53 Å². The predicted octanol–water partition coefficient (Wildman–Crippen LogP) is 4.62. The number of halogens is 1. The van der Waals surface area contributed by atoms with Gasteiger partial charge in [-0.3, -0.25) is 9.80 Å². The van der Waals surface area contributed by atoms with E-state index in [0.29, 0.717) is 35.5 Å². The van der Waals surface area contributed by atoms with Crippen LogP contribution < -0.4 is 4.74 Å². The number of ketones is 1. The van der Waals surface area contributed by atoms with E-state index in [1.807, 2.05) is 47.5 Å². The molecule has 0 unspecified atom stereocenters. The molecule has 5 nitrogen and oxygen atoms in total. The molecule has 138 valence electrons. The molecule has 3 rings (SSSR count). The molecule has 0 bridgehead atoms. The average molecular weight is 444 g/mol. The zero-order valence-electron chi connectivity index (χ0n) is 14.5. The molecular formula is C20H18BrN3O2S. The van der Waals surface area contributed by atoms with Gasteiger partial charge in [0.2, 0.25) is 11.1 Å². The minimum absolute atomic E-state index is 0.0368. The van der Waals surface area contributed by atoms with E-state index >= 15 is 0 Å². The Kier molecular flexibility index (Phi) is 6.84. The summed E-state index contributed by atoms with van der Waals surface area (Å²) in [5, 5.41) is 6.77. The van der Waals surface area contributed by atoms with Crippen molar-refractivity contribution in [2.75, 3.05) is 18.8 Å². The Morgan fingerprint density at radius 2 is 1.96 bits per heavy atom. The summed E-state index contributed by atoms with van der Waals surface area (Å²) in [4.78, 5) is 16.8. The van der Waals surface area contributed by atoms with E-state index in [-0.39, 0.29) is 11.5 Å². The summed E-state index contributed by atoms with van der Waals surface area (Å²) < 4.78 is 6.86. The SMILES string of the molecule is C=CCN1CC(Oc2ccc(Br)cc2)=NC(SCC(=O)c2ccccc2)=N1. The highest BCUT2D eigenvalue weighted by atomic mass is 79.9. The fourth-order valence-electron chi connectivity index (χ4n) is 2.32. The van der Waals surface area contributed by atoms with Crippen molar-refractivity contribution in [2.24, 2.45) is 10.1 Å². The molecule has 1 aliphatic rings.